The highest BCUT2D eigenvalue weighted by molar-refractivity contribution is 5.77. The summed E-state index contributed by atoms with van der Waals surface area (Å²) in [6, 6.07) is 5.62. The van der Waals surface area contributed by atoms with Crippen LogP contribution in [0.15, 0.2) is 23.0 Å². The molecular formula is C16H21N3O2. The Kier molecular flexibility index (Phi) is 3.10. The van der Waals surface area contributed by atoms with E-state index in [9.17, 15) is 9.59 Å². The van der Waals surface area contributed by atoms with Crippen molar-refractivity contribution in [2.75, 3.05) is 26.3 Å². The van der Waals surface area contributed by atoms with Gasteiger partial charge in [-0.25, -0.2) is 0 Å². The fraction of sp³-hybridized carbons (Fsp3) is 0.625. The number of hydrogen-bond donors (Lipinski definition) is 0. The molecule has 5 heteroatoms. The lowest BCUT2D eigenvalue weighted by Crippen LogP contribution is -2.50. The number of rotatable bonds is 2. The molecule has 2 atom stereocenters. The van der Waals surface area contributed by atoms with Crippen LogP contribution in [0.25, 0.3) is 0 Å². The molecule has 2 fully saturated rings. The number of carbonyl (C=O) groups is 1. The molecule has 5 nitrogen and oxygen atoms in total. The number of piperidine rings is 1. The average molecular weight is 287 g/mol. The van der Waals surface area contributed by atoms with E-state index in [1.807, 2.05) is 15.5 Å². The van der Waals surface area contributed by atoms with Gasteiger partial charge in [0.25, 0.3) is 5.56 Å². The second kappa shape index (κ2) is 4.98. The molecule has 1 amide bonds. The molecule has 0 unspecified atom stereocenters. The van der Waals surface area contributed by atoms with Crippen LogP contribution in [-0.4, -0.2) is 46.6 Å². The average Bonchev–Trinajstić information content (AvgIpc) is 2.86. The molecule has 0 radical (unpaired) electrons. The molecular weight excluding hydrogens is 266 g/mol. The molecule has 3 aliphatic heterocycles. The summed E-state index contributed by atoms with van der Waals surface area (Å²) in [6.45, 7) is 4.46. The van der Waals surface area contributed by atoms with Gasteiger partial charge in [0.1, 0.15) is 0 Å². The van der Waals surface area contributed by atoms with Crippen molar-refractivity contribution < 1.29 is 4.79 Å². The van der Waals surface area contributed by atoms with Crippen molar-refractivity contribution in [3.8, 4) is 0 Å². The lowest BCUT2D eigenvalue weighted by atomic mass is 9.83. The molecule has 1 aromatic heterocycles. The number of amides is 1. The third-order valence-corrected chi connectivity index (χ3v) is 5.10. The molecule has 0 spiro atoms. The molecule has 112 valence electrons. The fourth-order valence-electron chi connectivity index (χ4n) is 4.21. The second-order valence-electron chi connectivity index (χ2n) is 6.64. The van der Waals surface area contributed by atoms with Crippen LogP contribution >= 0.6 is 0 Å². The van der Waals surface area contributed by atoms with Crippen LogP contribution in [0.1, 0.15) is 30.9 Å². The van der Waals surface area contributed by atoms with E-state index in [1.165, 1.54) is 12.1 Å². The van der Waals surface area contributed by atoms with E-state index in [2.05, 4.69) is 11.0 Å². The van der Waals surface area contributed by atoms with Crippen LogP contribution in [0.3, 0.4) is 0 Å². The summed E-state index contributed by atoms with van der Waals surface area (Å²) in [4.78, 5) is 28.2. The lowest BCUT2D eigenvalue weighted by Gasteiger charge is -2.43. The summed E-state index contributed by atoms with van der Waals surface area (Å²) in [5.74, 6) is 1.26. The zero-order valence-electron chi connectivity index (χ0n) is 12.2. The summed E-state index contributed by atoms with van der Waals surface area (Å²) < 4.78 is 1.96. The van der Waals surface area contributed by atoms with Gasteiger partial charge in [0, 0.05) is 50.3 Å². The number of likely N-dealkylation sites (tertiary alicyclic amines) is 2. The molecule has 4 heterocycles. The molecule has 2 saturated heterocycles. The monoisotopic (exact) mass is 287 g/mol. The third kappa shape index (κ3) is 2.29. The number of fused-ring (bicyclic) bond motifs is 4. The molecule has 21 heavy (non-hydrogen) atoms. The highest BCUT2D eigenvalue weighted by Crippen LogP contribution is 2.35. The van der Waals surface area contributed by atoms with Crippen molar-refractivity contribution in [3.05, 3.63) is 34.2 Å². The van der Waals surface area contributed by atoms with Crippen LogP contribution in [0.4, 0.5) is 0 Å². The summed E-state index contributed by atoms with van der Waals surface area (Å²) in [6.07, 6.45) is 2.88. The summed E-state index contributed by atoms with van der Waals surface area (Å²) >= 11 is 0. The number of aromatic nitrogens is 1. The predicted molar refractivity (Wildman–Crippen MR) is 78.9 cm³/mol. The second-order valence-corrected chi connectivity index (χ2v) is 6.64. The minimum atomic E-state index is 0.130. The zero-order valence-corrected chi connectivity index (χ0v) is 12.2. The third-order valence-electron chi connectivity index (χ3n) is 5.10. The maximum Gasteiger partial charge on any atom is 0.250 e. The maximum atomic E-state index is 12.0. The Labute approximate surface area is 124 Å². The summed E-state index contributed by atoms with van der Waals surface area (Å²) in [5.41, 5.74) is 1.31. The van der Waals surface area contributed by atoms with E-state index < -0.39 is 0 Å². The van der Waals surface area contributed by atoms with Crippen LogP contribution < -0.4 is 5.56 Å². The van der Waals surface area contributed by atoms with Crippen LogP contribution in [0, 0.1) is 5.92 Å². The first-order chi connectivity index (χ1) is 10.2. The minimum Gasteiger partial charge on any atom is -0.330 e. The Bertz CT molecular complexity index is 624. The molecule has 0 aliphatic carbocycles. The van der Waals surface area contributed by atoms with Crippen molar-refractivity contribution >= 4 is 5.91 Å². The van der Waals surface area contributed by atoms with Gasteiger partial charge in [-0.3, -0.25) is 14.5 Å². The Balaban J connectivity index is 1.54. The normalized spacial score (nSPS) is 28.8. The number of carbonyl (C=O) groups excluding carboxylic acids is 1. The van der Waals surface area contributed by atoms with Crippen LogP contribution in [-0.2, 0) is 11.3 Å². The molecule has 0 N–H and O–H groups in total. The van der Waals surface area contributed by atoms with Gasteiger partial charge in [-0.05, 0) is 24.8 Å². The topological polar surface area (TPSA) is 45.6 Å². The van der Waals surface area contributed by atoms with E-state index in [1.54, 1.807) is 6.07 Å². The first-order valence-corrected chi connectivity index (χ1v) is 7.90. The molecule has 2 bridgehead atoms. The SMILES string of the molecule is O=C1CCCN1CN1C[C@@H]2C[C@H](C1)c1cccc(=O)n1C2. The van der Waals surface area contributed by atoms with Gasteiger partial charge in [-0.1, -0.05) is 6.07 Å². The molecule has 3 aliphatic rings. The predicted octanol–water partition coefficient (Wildman–Crippen LogP) is 0.847. The van der Waals surface area contributed by atoms with Gasteiger partial charge in [0.2, 0.25) is 5.91 Å². The first-order valence-electron chi connectivity index (χ1n) is 7.90. The van der Waals surface area contributed by atoms with E-state index in [4.69, 9.17) is 0 Å². The van der Waals surface area contributed by atoms with Gasteiger partial charge in [-0.15, -0.1) is 0 Å². The van der Waals surface area contributed by atoms with Crippen molar-refractivity contribution in [1.29, 1.82) is 0 Å². The Morgan fingerprint density at radius 3 is 2.86 bits per heavy atom. The van der Waals surface area contributed by atoms with E-state index >= 15 is 0 Å². The van der Waals surface area contributed by atoms with E-state index in [0.717, 1.165) is 39.3 Å². The largest absolute Gasteiger partial charge is 0.330 e. The zero-order chi connectivity index (χ0) is 14.4. The Morgan fingerprint density at radius 2 is 2.05 bits per heavy atom. The minimum absolute atomic E-state index is 0.130. The smallest absolute Gasteiger partial charge is 0.250 e. The van der Waals surface area contributed by atoms with Crippen molar-refractivity contribution in [1.82, 2.24) is 14.4 Å². The number of pyridine rings is 1. The van der Waals surface area contributed by atoms with Gasteiger partial charge >= 0.3 is 0 Å². The number of hydrogen-bond acceptors (Lipinski definition) is 3. The highest BCUT2D eigenvalue weighted by atomic mass is 16.2. The van der Waals surface area contributed by atoms with Gasteiger partial charge in [0.15, 0.2) is 0 Å². The standard InChI is InChI=1S/C16H21N3O2/c20-15-5-2-6-18(15)11-17-8-12-7-13(10-17)14-3-1-4-16(21)19(14)9-12/h1,3-4,12-13H,2,5-11H2/t12-,13+/m0/s1. The lowest BCUT2D eigenvalue weighted by molar-refractivity contribution is -0.130. The Hall–Kier alpha value is -1.62. The van der Waals surface area contributed by atoms with Crippen molar-refractivity contribution in [2.45, 2.75) is 31.7 Å². The summed E-state index contributed by atoms with van der Waals surface area (Å²) in [7, 11) is 0. The van der Waals surface area contributed by atoms with E-state index in [0.29, 0.717) is 24.2 Å². The van der Waals surface area contributed by atoms with Gasteiger partial charge in [-0.2, -0.15) is 0 Å². The van der Waals surface area contributed by atoms with E-state index in [-0.39, 0.29) is 5.56 Å². The van der Waals surface area contributed by atoms with Gasteiger partial charge < -0.3 is 9.47 Å². The van der Waals surface area contributed by atoms with Crippen molar-refractivity contribution in [2.24, 2.45) is 5.92 Å². The quantitative estimate of drug-likeness (QED) is 0.810. The highest BCUT2D eigenvalue weighted by Gasteiger charge is 2.35. The summed E-state index contributed by atoms with van der Waals surface area (Å²) in [5, 5.41) is 0. The fourth-order valence-corrected chi connectivity index (χ4v) is 4.21. The molecule has 0 saturated carbocycles. The molecule has 4 rings (SSSR count). The Morgan fingerprint density at radius 1 is 1.14 bits per heavy atom. The number of nitrogens with zero attached hydrogens (tertiary/aromatic N) is 3. The molecule has 0 aromatic carbocycles. The maximum absolute atomic E-state index is 12.0. The van der Waals surface area contributed by atoms with Crippen molar-refractivity contribution in [3.63, 3.8) is 0 Å². The van der Waals surface area contributed by atoms with Crippen LogP contribution in [0.5, 0.6) is 0 Å². The molecule has 1 aromatic rings. The first kappa shape index (κ1) is 13.1. The van der Waals surface area contributed by atoms with Crippen LogP contribution in [0.2, 0.25) is 0 Å². The van der Waals surface area contributed by atoms with Gasteiger partial charge in [0.05, 0.1) is 6.67 Å².